The second-order valence-electron chi connectivity index (χ2n) is 10.4. The Hall–Kier alpha value is -3.45. The standard InChI is InChI=1S/C30H34N2O5/c1-20(33)29(14-13-25(34)36-2)18-22(17-26(35)37-3)27-30(23-11-7-8-12-24(23)31-27)15-16-32(28(29)30)19-21-9-5-4-6-10-21/h4-12,28,31H,13-19H2,1-3H3/t28-,29+,30-/m1/s1. The maximum atomic E-state index is 13.8. The average molecular weight is 503 g/mol. The SMILES string of the molecule is COC(=O)CC[C@@]1(C(C)=O)CC(CC(=O)OC)=C2Nc3ccccc3[C@]23CCN(Cc2ccccc2)[C@H]13. The first kappa shape index (κ1) is 25.2. The molecule has 2 heterocycles. The Labute approximate surface area is 217 Å². The highest BCUT2D eigenvalue weighted by molar-refractivity contribution is 5.88. The number of likely N-dealkylation sites (tertiary alicyclic amines) is 1. The molecule has 2 aromatic rings. The molecule has 7 heteroatoms. The minimum absolute atomic E-state index is 0.0338. The van der Waals surface area contributed by atoms with Gasteiger partial charge in [0.2, 0.25) is 0 Å². The van der Waals surface area contributed by atoms with Crippen molar-refractivity contribution < 1.29 is 23.9 Å². The number of benzene rings is 2. The van der Waals surface area contributed by atoms with E-state index >= 15 is 0 Å². The number of para-hydroxylation sites is 1. The topological polar surface area (TPSA) is 84.9 Å². The van der Waals surface area contributed by atoms with Crippen LogP contribution >= 0.6 is 0 Å². The van der Waals surface area contributed by atoms with E-state index in [1.807, 2.05) is 30.3 Å². The summed E-state index contributed by atoms with van der Waals surface area (Å²) in [5.41, 5.74) is 3.89. The van der Waals surface area contributed by atoms with Gasteiger partial charge in [0.05, 0.1) is 26.1 Å². The predicted octanol–water partition coefficient (Wildman–Crippen LogP) is 4.37. The van der Waals surface area contributed by atoms with E-state index in [1.54, 1.807) is 6.92 Å². The molecule has 1 fully saturated rings. The van der Waals surface area contributed by atoms with E-state index in [-0.39, 0.29) is 36.6 Å². The lowest BCUT2D eigenvalue weighted by Crippen LogP contribution is -2.59. The van der Waals surface area contributed by atoms with Crippen molar-refractivity contribution in [3.05, 3.63) is 77.0 Å². The number of anilines is 1. The first-order valence-corrected chi connectivity index (χ1v) is 12.9. The van der Waals surface area contributed by atoms with Crippen LogP contribution in [0.15, 0.2) is 65.9 Å². The number of nitrogens with one attached hydrogen (secondary N) is 1. The third-order valence-electron chi connectivity index (χ3n) is 8.66. The molecule has 7 nitrogen and oxygen atoms in total. The highest BCUT2D eigenvalue weighted by atomic mass is 16.5. The zero-order chi connectivity index (χ0) is 26.2. The van der Waals surface area contributed by atoms with Crippen molar-refractivity contribution in [2.45, 2.75) is 57.0 Å². The molecule has 3 aliphatic rings. The molecule has 2 aliphatic heterocycles. The Morgan fingerprint density at radius 3 is 2.41 bits per heavy atom. The van der Waals surface area contributed by atoms with Crippen molar-refractivity contribution in [3.8, 4) is 0 Å². The fourth-order valence-electron chi connectivity index (χ4n) is 7.12. The highest BCUT2D eigenvalue weighted by Gasteiger charge is 2.66. The summed E-state index contributed by atoms with van der Waals surface area (Å²) in [6.45, 7) is 3.12. The second-order valence-corrected chi connectivity index (χ2v) is 10.4. The van der Waals surface area contributed by atoms with Gasteiger partial charge in [-0.15, -0.1) is 0 Å². The molecule has 37 heavy (non-hydrogen) atoms. The molecule has 1 spiro atoms. The average Bonchev–Trinajstić information content (AvgIpc) is 3.46. The molecule has 194 valence electrons. The number of nitrogens with zero attached hydrogens (tertiary/aromatic N) is 1. The van der Waals surface area contributed by atoms with Gasteiger partial charge in [-0.05, 0) is 49.0 Å². The fraction of sp³-hybridized carbons (Fsp3) is 0.433. The smallest absolute Gasteiger partial charge is 0.309 e. The van der Waals surface area contributed by atoms with Crippen molar-refractivity contribution in [3.63, 3.8) is 0 Å². The van der Waals surface area contributed by atoms with Crippen LogP contribution in [0.1, 0.15) is 50.2 Å². The minimum atomic E-state index is -0.870. The molecule has 1 saturated heterocycles. The number of ether oxygens (including phenoxy) is 2. The molecule has 0 bridgehead atoms. The van der Waals surface area contributed by atoms with Crippen LogP contribution in [-0.2, 0) is 35.8 Å². The molecule has 3 atom stereocenters. The quantitative estimate of drug-likeness (QED) is 0.537. The lowest BCUT2D eigenvalue weighted by atomic mass is 9.54. The summed E-state index contributed by atoms with van der Waals surface area (Å²) < 4.78 is 10.0. The van der Waals surface area contributed by atoms with Gasteiger partial charge in [-0.3, -0.25) is 19.3 Å². The normalized spacial score (nSPS) is 26.1. The Balaban J connectivity index is 1.72. The Kier molecular flexibility index (Phi) is 6.67. The number of esters is 2. The number of fused-ring (bicyclic) bond motifs is 1. The van der Waals surface area contributed by atoms with Gasteiger partial charge in [0.1, 0.15) is 5.78 Å². The lowest BCUT2D eigenvalue weighted by Gasteiger charge is -2.52. The van der Waals surface area contributed by atoms with Crippen LogP contribution in [-0.4, -0.2) is 49.4 Å². The molecule has 0 radical (unpaired) electrons. The second kappa shape index (κ2) is 9.78. The van der Waals surface area contributed by atoms with E-state index in [1.165, 1.54) is 19.8 Å². The van der Waals surface area contributed by atoms with E-state index < -0.39 is 10.8 Å². The zero-order valence-electron chi connectivity index (χ0n) is 21.7. The van der Waals surface area contributed by atoms with E-state index in [4.69, 9.17) is 9.47 Å². The molecule has 0 aromatic heterocycles. The van der Waals surface area contributed by atoms with Gasteiger partial charge >= 0.3 is 11.9 Å². The Morgan fingerprint density at radius 2 is 1.70 bits per heavy atom. The molecule has 2 aromatic carbocycles. The van der Waals surface area contributed by atoms with Crippen LogP contribution in [0.5, 0.6) is 0 Å². The summed E-state index contributed by atoms with van der Waals surface area (Å²) in [6, 6.07) is 18.3. The predicted molar refractivity (Wildman–Crippen MR) is 140 cm³/mol. The number of Topliss-reactive ketones (excluding diaryl/α,β-unsaturated/α-hetero) is 1. The summed E-state index contributed by atoms with van der Waals surface area (Å²) in [5.74, 6) is -0.638. The monoisotopic (exact) mass is 502 g/mol. The summed E-state index contributed by atoms with van der Waals surface area (Å²) in [5, 5.41) is 3.66. The van der Waals surface area contributed by atoms with Gasteiger partial charge in [0.15, 0.2) is 0 Å². The third kappa shape index (κ3) is 4.06. The molecule has 0 saturated carbocycles. The zero-order valence-corrected chi connectivity index (χ0v) is 21.7. The summed E-state index contributed by atoms with van der Waals surface area (Å²) in [7, 11) is 2.76. The van der Waals surface area contributed by atoms with E-state index in [2.05, 4.69) is 34.5 Å². The highest BCUT2D eigenvalue weighted by Crippen LogP contribution is 2.64. The van der Waals surface area contributed by atoms with Crippen LogP contribution in [0.2, 0.25) is 0 Å². The van der Waals surface area contributed by atoms with Crippen molar-refractivity contribution in [2.24, 2.45) is 5.41 Å². The molecule has 0 unspecified atom stereocenters. The number of rotatable bonds is 8. The molecule has 1 N–H and O–H groups in total. The van der Waals surface area contributed by atoms with Gasteiger partial charge in [-0.1, -0.05) is 48.5 Å². The maximum absolute atomic E-state index is 13.8. The number of hydrogen-bond acceptors (Lipinski definition) is 7. The Morgan fingerprint density at radius 1 is 1.00 bits per heavy atom. The van der Waals surface area contributed by atoms with E-state index in [0.717, 1.165) is 35.5 Å². The summed E-state index contributed by atoms with van der Waals surface area (Å²) >= 11 is 0. The largest absolute Gasteiger partial charge is 0.469 e. The van der Waals surface area contributed by atoms with Gasteiger partial charge < -0.3 is 14.8 Å². The third-order valence-corrected chi connectivity index (χ3v) is 8.66. The number of methoxy groups -OCH3 is 2. The van der Waals surface area contributed by atoms with Crippen LogP contribution in [0.3, 0.4) is 0 Å². The van der Waals surface area contributed by atoms with Crippen molar-refractivity contribution in [1.82, 2.24) is 4.90 Å². The molecular formula is C30H34N2O5. The van der Waals surface area contributed by atoms with Crippen LogP contribution < -0.4 is 5.32 Å². The molecule has 0 amide bonds. The van der Waals surface area contributed by atoms with Crippen molar-refractivity contribution in [1.29, 1.82) is 0 Å². The van der Waals surface area contributed by atoms with Crippen molar-refractivity contribution >= 4 is 23.4 Å². The number of ketones is 1. The van der Waals surface area contributed by atoms with Gasteiger partial charge in [-0.25, -0.2) is 0 Å². The minimum Gasteiger partial charge on any atom is -0.469 e. The summed E-state index contributed by atoms with van der Waals surface area (Å²) in [6.07, 6.45) is 1.79. The number of hydrogen-bond donors (Lipinski definition) is 1. The molecular weight excluding hydrogens is 468 g/mol. The number of carbonyl (C=O) groups is 3. The van der Waals surface area contributed by atoms with E-state index in [0.29, 0.717) is 19.4 Å². The number of carbonyl (C=O) groups excluding carboxylic acids is 3. The first-order chi connectivity index (χ1) is 17.9. The van der Waals surface area contributed by atoms with Gasteiger partial charge in [0.25, 0.3) is 0 Å². The summed E-state index contributed by atoms with van der Waals surface area (Å²) in [4.78, 5) is 41.2. The van der Waals surface area contributed by atoms with Crippen LogP contribution in [0, 0.1) is 5.41 Å². The Bertz CT molecular complexity index is 1260. The van der Waals surface area contributed by atoms with Crippen molar-refractivity contribution in [2.75, 3.05) is 26.1 Å². The molecule has 1 aliphatic carbocycles. The van der Waals surface area contributed by atoms with Crippen LogP contribution in [0.25, 0.3) is 0 Å². The first-order valence-electron chi connectivity index (χ1n) is 12.9. The maximum Gasteiger partial charge on any atom is 0.309 e. The molecule has 5 rings (SSSR count). The van der Waals surface area contributed by atoms with Gasteiger partial charge in [-0.2, -0.15) is 0 Å². The van der Waals surface area contributed by atoms with E-state index in [9.17, 15) is 14.4 Å². The van der Waals surface area contributed by atoms with Gasteiger partial charge in [0, 0.05) is 42.4 Å². The van der Waals surface area contributed by atoms with Crippen LogP contribution in [0.4, 0.5) is 5.69 Å². The lowest BCUT2D eigenvalue weighted by molar-refractivity contribution is -0.144. The fourth-order valence-corrected chi connectivity index (χ4v) is 7.12.